The average Bonchev–Trinajstić information content (AvgIpc) is 2.31. The van der Waals surface area contributed by atoms with E-state index in [9.17, 15) is 4.79 Å². The molecule has 2 heterocycles. The molecule has 5 nitrogen and oxygen atoms in total. The Morgan fingerprint density at radius 1 is 1.62 bits per heavy atom. The molecule has 0 aliphatic carbocycles. The Balaban J connectivity index is 2.02. The molecule has 0 spiro atoms. The topological polar surface area (TPSA) is 66.9 Å². The number of rotatable bonds is 2. The number of piperidine rings is 1. The van der Waals surface area contributed by atoms with Crippen molar-refractivity contribution in [2.45, 2.75) is 19.8 Å². The van der Waals surface area contributed by atoms with E-state index >= 15 is 0 Å². The molecule has 1 amide bonds. The lowest BCUT2D eigenvalue weighted by Gasteiger charge is -2.32. The molecule has 2 N–H and O–H groups in total. The highest BCUT2D eigenvalue weighted by molar-refractivity contribution is 5.94. The second kappa shape index (κ2) is 4.57. The zero-order valence-electron chi connectivity index (χ0n) is 9.36. The fourth-order valence-corrected chi connectivity index (χ4v) is 1.89. The van der Waals surface area contributed by atoms with Crippen LogP contribution in [0.1, 0.15) is 19.8 Å². The number of hydrogen-bond acceptors (Lipinski definition) is 4. The van der Waals surface area contributed by atoms with Crippen LogP contribution >= 0.6 is 0 Å². The molecule has 1 aromatic rings. The van der Waals surface area contributed by atoms with Crippen LogP contribution in [0.25, 0.3) is 0 Å². The van der Waals surface area contributed by atoms with Gasteiger partial charge in [-0.2, -0.15) is 5.10 Å². The number of nitrogens with zero attached hydrogens (tertiary/aromatic N) is 2. The third-order valence-corrected chi connectivity index (χ3v) is 2.96. The van der Waals surface area contributed by atoms with Crippen molar-refractivity contribution in [3.05, 3.63) is 18.3 Å². The van der Waals surface area contributed by atoms with Crippen LogP contribution < -0.4 is 10.6 Å². The average molecular weight is 220 g/mol. The van der Waals surface area contributed by atoms with Gasteiger partial charge in [0.1, 0.15) is 0 Å². The Hall–Kier alpha value is -1.49. The Morgan fingerprint density at radius 2 is 2.50 bits per heavy atom. The Morgan fingerprint density at radius 3 is 3.12 bits per heavy atom. The first-order chi connectivity index (χ1) is 7.71. The van der Waals surface area contributed by atoms with E-state index in [0.29, 0.717) is 5.82 Å². The number of hydrogen-bond donors (Lipinski definition) is 2. The summed E-state index contributed by atoms with van der Waals surface area (Å²) < 4.78 is 0. The standard InChI is InChI=1S/C11H16N4O/c1-11(5-3-6-12-8-11)10(16)14-9-4-2-7-13-15-9/h2,4,7,12H,3,5-6,8H2,1H3,(H,14,15,16). The Labute approximate surface area is 94.6 Å². The van der Waals surface area contributed by atoms with Crippen molar-refractivity contribution in [3.63, 3.8) is 0 Å². The van der Waals surface area contributed by atoms with Crippen LogP contribution in [0.3, 0.4) is 0 Å². The normalized spacial score (nSPS) is 25.1. The SMILES string of the molecule is CC1(C(=O)Nc2cccnn2)CCCNC1. The number of nitrogens with one attached hydrogen (secondary N) is 2. The van der Waals surface area contributed by atoms with E-state index in [1.165, 1.54) is 0 Å². The van der Waals surface area contributed by atoms with Crippen LogP contribution in [0.4, 0.5) is 5.82 Å². The van der Waals surface area contributed by atoms with Crippen molar-refractivity contribution in [2.24, 2.45) is 5.41 Å². The Kier molecular flexibility index (Phi) is 3.14. The van der Waals surface area contributed by atoms with E-state index in [1.807, 2.05) is 6.92 Å². The second-order valence-corrected chi connectivity index (χ2v) is 4.40. The van der Waals surface area contributed by atoms with Gasteiger partial charge in [-0.3, -0.25) is 4.79 Å². The van der Waals surface area contributed by atoms with Crippen molar-refractivity contribution < 1.29 is 4.79 Å². The summed E-state index contributed by atoms with van der Waals surface area (Å²) in [7, 11) is 0. The lowest BCUT2D eigenvalue weighted by Crippen LogP contribution is -2.46. The van der Waals surface area contributed by atoms with E-state index in [1.54, 1.807) is 18.3 Å². The minimum absolute atomic E-state index is 0.0141. The van der Waals surface area contributed by atoms with E-state index < -0.39 is 0 Å². The maximum atomic E-state index is 12.1. The van der Waals surface area contributed by atoms with E-state index in [0.717, 1.165) is 25.9 Å². The summed E-state index contributed by atoms with van der Waals surface area (Å²) in [5.74, 6) is 0.527. The maximum Gasteiger partial charge on any atom is 0.232 e. The lowest BCUT2D eigenvalue weighted by molar-refractivity contribution is -0.125. The first-order valence-corrected chi connectivity index (χ1v) is 5.51. The second-order valence-electron chi connectivity index (χ2n) is 4.40. The van der Waals surface area contributed by atoms with Gasteiger partial charge in [0.05, 0.1) is 5.41 Å². The smallest absolute Gasteiger partial charge is 0.232 e. The molecular weight excluding hydrogens is 204 g/mol. The zero-order chi connectivity index (χ0) is 11.4. The summed E-state index contributed by atoms with van der Waals surface area (Å²) in [6.45, 7) is 3.69. The molecular formula is C11H16N4O. The quantitative estimate of drug-likeness (QED) is 0.773. The number of amides is 1. The molecule has 1 unspecified atom stereocenters. The van der Waals surface area contributed by atoms with Crippen molar-refractivity contribution in [3.8, 4) is 0 Å². The van der Waals surface area contributed by atoms with E-state index in [2.05, 4.69) is 20.8 Å². The van der Waals surface area contributed by atoms with Crippen LogP contribution in [0, 0.1) is 5.41 Å². The van der Waals surface area contributed by atoms with Crippen LogP contribution in [-0.4, -0.2) is 29.2 Å². The van der Waals surface area contributed by atoms with E-state index in [4.69, 9.17) is 0 Å². The molecule has 0 radical (unpaired) electrons. The first-order valence-electron chi connectivity index (χ1n) is 5.51. The minimum atomic E-state index is -0.338. The molecule has 1 fully saturated rings. The third kappa shape index (κ3) is 2.36. The largest absolute Gasteiger partial charge is 0.316 e. The zero-order valence-corrected chi connectivity index (χ0v) is 9.36. The molecule has 16 heavy (non-hydrogen) atoms. The highest BCUT2D eigenvalue weighted by Crippen LogP contribution is 2.26. The third-order valence-electron chi connectivity index (χ3n) is 2.96. The van der Waals surface area contributed by atoms with Crippen LogP contribution in [-0.2, 0) is 4.79 Å². The predicted octanol–water partition coefficient (Wildman–Crippen LogP) is 0.805. The monoisotopic (exact) mass is 220 g/mol. The van der Waals surface area contributed by atoms with Crippen molar-refractivity contribution in [2.75, 3.05) is 18.4 Å². The van der Waals surface area contributed by atoms with Gasteiger partial charge in [-0.15, -0.1) is 5.10 Å². The van der Waals surface area contributed by atoms with Gasteiger partial charge in [0.2, 0.25) is 5.91 Å². The number of aromatic nitrogens is 2. The lowest BCUT2D eigenvalue weighted by atomic mass is 9.82. The van der Waals surface area contributed by atoms with Gasteiger partial charge < -0.3 is 10.6 Å². The summed E-state index contributed by atoms with van der Waals surface area (Å²) in [6.07, 6.45) is 3.52. The van der Waals surface area contributed by atoms with Gasteiger partial charge in [-0.1, -0.05) is 0 Å². The molecule has 0 saturated carbocycles. The summed E-state index contributed by atoms with van der Waals surface area (Å²) in [6, 6.07) is 3.49. The van der Waals surface area contributed by atoms with Gasteiger partial charge in [-0.25, -0.2) is 0 Å². The van der Waals surface area contributed by atoms with Crippen LogP contribution in [0.2, 0.25) is 0 Å². The molecule has 1 aliphatic rings. The number of anilines is 1. The van der Waals surface area contributed by atoms with Crippen LogP contribution in [0.5, 0.6) is 0 Å². The highest BCUT2D eigenvalue weighted by Gasteiger charge is 2.34. The van der Waals surface area contributed by atoms with Gasteiger partial charge in [0, 0.05) is 12.7 Å². The minimum Gasteiger partial charge on any atom is -0.316 e. The summed E-state index contributed by atoms with van der Waals surface area (Å²) in [5.41, 5.74) is -0.338. The summed E-state index contributed by atoms with van der Waals surface area (Å²) in [4.78, 5) is 12.1. The Bertz CT molecular complexity index is 360. The summed E-state index contributed by atoms with van der Waals surface area (Å²) >= 11 is 0. The fourth-order valence-electron chi connectivity index (χ4n) is 1.89. The molecule has 1 aliphatic heterocycles. The van der Waals surface area contributed by atoms with Gasteiger partial charge in [0.15, 0.2) is 5.82 Å². The highest BCUT2D eigenvalue weighted by atomic mass is 16.2. The fraction of sp³-hybridized carbons (Fsp3) is 0.545. The van der Waals surface area contributed by atoms with Gasteiger partial charge in [0.25, 0.3) is 0 Å². The first kappa shape index (κ1) is 11.0. The predicted molar refractivity (Wildman–Crippen MR) is 60.9 cm³/mol. The molecule has 86 valence electrons. The molecule has 1 atom stereocenters. The molecule has 1 saturated heterocycles. The molecule has 0 bridgehead atoms. The molecule has 1 aromatic heterocycles. The van der Waals surface area contributed by atoms with Crippen molar-refractivity contribution in [1.82, 2.24) is 15.5 Å². The molecule has 0 aromatic carbocycles. The summed E-state index contributed by atoms with van der Waals surface area (Å²) in [5, 5.41) is 13.6. The van der Waals surface area contributed by atoms with Crippen molar-refractivity contribution >= 4 is 11.7 Å². The van der Waals surface area contributed by atoms with Crippen LogP contribution in [0.15, 0.2) is 18.3 Å². The van der Waals surface area contributed by atoms with Gasteiger partial charge in [-0.05, 0) is 38.4 Å². The molecule has 5 heteroatoms. The molecule has 2 rings (SSSR count). The number of carbonyl (C=O) groups excluding carboxylic acids is 1. The van der Waals surface area contributed by atoms with Crippen molar-refractivity contribution in [1.29, 1.82) is 0 Å². The number of carbonyl (C=O) groups is 1. The maximum absolute atomic E-state index is 12.1. The van der Waals surface area contributed by atoms with E-state index in [-0.39, 0.29) is 11.3 Å². The van der Waals surface area contributed by atoms with Gasteiger partial charge >= 0.3 is 0 Å².